The van der Waals surface area contributed by atoms with Crippen LogP contribution >= 0.6 is 0 Å². The lowest BCUT2D eigenvalue weighted by molar-refractivity contribution is 0.433. The summed E-state index contributed by atoms with van der Waals surface area (Å²) in [6, 6.07) is 22.0. The van der Waals surface area contributed by atoms with Crippen LogP contribution in [0.25, 0.3) is 0 Å². The zero-order valence-electron chi connectivity index (χ0n) is 13.3. The van der Waals surface area contributed by atoms with Gasteiger partial charge in [0.15, 0.2) is 0 Å². The first-order valence-electron chi connectivity index (χ1n) is 8.15. The molecule has 0 saturated heterocycles. The molecule has 1 nitrogen and oxygen atoms in total. The van der Waals surface area contributed by atoms with Crippen molar-refractivity contribution in [2.24, 2.45) is 0 Å². The van der Waals surface area contributed by atoms with Crippen molar-refractivity contribution in [1.82, 2.24) is 5.32 Å². The van der Waals surface area contributed by atoms with Crippen LogP contribution in [0.15, 0.2) is 60.7 Å². The highest BCUT2D eigenvalue weighted by Gasteiger charge is 2.31. The number of benzene rings is 2. The molecule has 21 heavy (non-hydrogen) atoms. The first-order valence-corrected chi connectivity index (χ1v) is 8.15. The number of rotatable bonds is 8. The smallest absolute Gasteiger partial charge is 0.0200 e. The Balaban J connectivity index is 2.32. The summed E-state index contributed by atoms with van der Waals surface area (Å²) >= 11 is 0. The fraction of sp³-hybridized carbons (Fsp3) is 0.400. The summed E-state index contributed by atoms with van der Waals surface area (Å²) < 4.78 is 0. The van der Waals surface area contributed by atoms with Gasteiger partial charge in [0.05, 0.1) is 0 Å². The molecule has 0 fully saturated rings. The molecular weight excluding hydrogens is 254 g/mol. The molecule has 2 aromatic rings. The summed E-state index contributed by atoms with van der Waals surface area (Å²) in [4.78, 5) is 0. The van der Waals surface area contributed by atoms with Crippen molar-refractivity contribution in [1.29, 1.82) is 0 Å². The molecule has 1 N–H and O–H groups in total. The van der Waals surface area contributed by atoms with Crippen LogP contribution in [-0.4, -0.2) is 13.1 Å². The lowest BCUT2D eigenvalue weighted by atomic mass is 9.69. The summed E-state index contributed by atoms with van der Waals surface area (Å²) in [7, 11) is 0. The maximum Gasteiger partial charge on any atom is 0.0200 e. The van der Waals surface area contributed by atoms with Crippen LogP contribution in [0, 0.1) is 0 Å². The molecule has 0 bridgehead atoms. The Morgan fingerprint density at radius 2 is 1.33 bits per heavy atom. The third-order valence-electron chi connectivity index (χ3n) is 4.46. The second kappa shape index (κ2) is 7.99. The number of hydrogen-bond donors (Lipinski definition) is 1. The van der Waals surface area contributed by atoms with Gasteiger partial charge in [0, 0.05) is 5.41 Å². The molecule has 0 saturated carbocycles. The van der Waals surface area contributed by atoms with Crippen molar-refractivity contribution in [3.63, 3.8) is 0 Å². The second-order valence-electron chi connectivity index (χ2n) is 5.62. The molecular formula is C20H27N. The summed E-state index contributed by atoms with van der Waals surface area (Å²) in [5, 5.41) is 3.45. The Hall–Kier alpha value is -1.60. The van der Waals surface area contributed by atoms with E-state index in [1.807, 2.05) is 0 Å². The lowest BCUT2D eigenvalue weighted by Crippen LogP contribution is -2.28. The van der Waals surface area contributed by atoms with Gasteiger partial charge in [-0.25, -0.2) is 0 Å². The van der Waals surface area contributed by atoms with E-state index < -0.39 is 0 Å². The summed E-state index contributed by atoms with van der Waals surface area (Å²) in [5.74, 6) is 0. The van der Waals surface area contributed by atoms with Crippen molar-refractivity contribution >= 4 is 0 Å². The lowest BCUT2D eigenvalue weighted by Gasteiger charge is -2.34. The van der Waals surface area contributed by atoms with Crippen molar-refractivity contribution in [2.45, 2.75) is 38.5 Å². The van der Waals surface area contributed by atoms with Crippen LogP contribution in [0.5, 0.6) is 0 Å². The topological polar surface area (TPSA) is 12.0 Å². The van der Waals surface area contributed by atoms with Crippen LogP contribution in [0.3, 0.4) is 0 Å². The van der Waals surface area contributed by atoms with Gasteiger partial charge in [0.1, 0.15) is 0 Å². The largest absolute Gasteiger partial charge is 0.317 e. The van der Waals surface area contributed by atoms with Gasteiger partial charge in [0.25, 0.3) is 0 Å². The maximum atomic E-state index is 3.45. The molecule has 1 heteroatoms. The SMILES string of the molecule is CCNCCCC(CC)(c1ccccc1)c1ccccc1. The summed E-state index contributed by atoms with van der Waals surface area (Å²) in [5.41, 5.74) is 3.02. The molecule has 0 radical (unpaired) electrons. The second-order valence-corrected chi connectivity index (χ2v) is 5.62. The summed E-state index contributed by atoms with van der Waals surface area (Å²) in [6.07, 6.45) is 3.52. The molecule has 0 aliphatic rings. The number of nitrogens with one attached hydrogen (secondary N) is 1. The fourth-order valence-corrected chi connectivity index (χ4v) is 3.25. The standard InChI is InChI=1S/C20H27N/c1-3-20(16-11-17-21-4-2,18-12-7-5-8-13-18)19-14-9-6-10-15-19/h5-10,12-15,21H,3-4,11,16-17H2,1-2H3. The highest BCUT2D eigenvalue weighted by atomic mass is 14.8. The normalized spacial score (nSPS) is 11.5. The van der Waals surface area contributed by atoms with Gasteiger partial charge in [0.2, 0.25) is 0 Å². The quantitative estimate of drug-likeness (QED) is 0.687. The van der Waals surface area contributed by atoms with Gasteiger partial charge in [-0.05, 0) is 43.5 Å². The Labute approximate surface area is 129 Å². The van der Waals surface area contributed by atoms with Crippen LogP contribution in [-0.2, 0) is 5.41 Å². The Bertz CT molecular complexity index is 464. The molecule has 0 atom stereocenters. The molecule has 112 valence electrons. The molecule has 0 aliphatic carbocycles. The third kappa shape index (κ3) is 3.74. The van der Waals surface area contributed by atoms with E-state index in [9.17, 15) is 0 Å². The predicted molar refractivity (Wildman–Crippen MR) is 91.7 cm³/mol. The van der Waals surface area contributed by atoms with Crippen molar-refractivity contribution in [3.05, 3.63) is 71.8 Å². The summed E-state index contributed by atoms with van der Waals surface area (Å²) in [6.45, 7) is 6.63. The molecule has 0 aliphatic heterocycles. The highest BCUT2D eigenvalue weighted by Crippen LogP contribution is 2.39. The minimum Gasteiger partial charge on any atom is -0.317 e. The zero-order chi connectivity index (χ0) is 15.0. The van der Waals surface area contributed by atoms with E-state index in [0.717, 1.165) is 19.5 Å². The van der Waals surface area contributed by atoms with Crippen LogP contribution < -0.4 is 5.32 Å². The van der Waals surface area contributed by atoms with Gasteiger partial charge in [-0.1, -0.05) is 74.5 Å². The van der Waals surface area contributed by atoms with Crippen LogP contribution in [0.4, 0.5) is 0 Å². The Morgan fingerprint density at radius 3 is 1.76 bits per heavy atom. The van der Waals surface area contributed by atoms with Crippen molar-refractivity contribution in [2.75, 3.05) is 13.1 Å². The molecule has 0 heterocycles. The molecule has 0 amide bonds. The van der Waals surface area contributed by atoms with E-state index in [1.54, 1.807) is 0 Å². The van der Waals surface area contributed by atoms with Gasteiger partial charge >= 0.3 is 0 Å². The average Bonchev–Trinajstić information content (AvgIpc) is 2.57. The van der Waals surface area contributed by atoms with E-state index in [-0.39, 0.29) is 5.41 Å². The van der Waals surface area contributed by atoms with E-state index in [0.29, 0.717) is 0 Å². The van der Waals surface area contributed by atoms with Crippen molar-refractivity contribution in [3.8, 4) is 0 Å². The van der Waals surface area contributed by atoms with Gasteiger partial charge in [-0.3, -0.25) is 0 Å². The predicted octanol–water partition coefficient (Wildman–Crippen LogP) is 4.77. The number of hydrogen-bond acceptors (Lipinski definition) is 1. The van der Waals surface area contributed by atoms with Crippen molar-refractivity contribution < 1.29 is 0 Å². The third-order valence-corrected chi connectivity index (χ3v) is 4.46. The minimum atomic E-state index is 0.137. The van der Waals surface area contributed by atoms with Gasteiger partial charge in [-0.2, -0.15) is 0 Å². The molecule has 0 spiro atoms. The highest BCUT2D eigenvalue weighted by molar-refractivity contribution is 5.39. The molecule has 2 aromatic carbocycles. The Morgan fingerprint density at radius 1 is 0.810 bits per heavy atom. The Kier molecular flexibility index (Phi) is 6.01. The monoisotopic (exact) mass is 281 g/mol. The minimum absolute atomic E-state index is 0.137. The van der Waals surface area contributed by atoms with E-state index in [4.69, 9.17) is 0 Å². The molecule has 0 aromatic heterocycles. The van der Waals surface area contributed by atoms with E-state index in [1.165, 1.54) is 24.0 Å². The van der Waals surface area contributed by atoms with Crippen LogP contribution in [0.2, 0.25) is 0 Å². The average molecular weight is 281 g/mol. The zero-order valence-corrected chi connectivity index (χ0v) is 13.3. The van der Waals surface area contributed by atoms with E-state index in [2.05, 4.69) is 79.8 Å². The van der Waals surface area contributed by atoms with Gasteiger partial charge in [-0.15, -0.1) is 0 Å². The first kappa shape index (κ1) is 15.8. The first-order chi connectivity index (χ1) is 10.3. The van der Waals surface area contributed by atoms with E-state index >= 15 is 0 Å². The van der Waals surface area contributed by atoms with Gasteiger partial charge < -0.3 is 5.32 Å². The molecule has 0 unspecified atom stereocenters. The molecule has 2 rings (SSSR count). The maximum absolute atomic E-state index is 3.45. The fourth-order valence-electron chi connectivity index (χ4n) is 3.25. The van der Waals surface area contributed by atoms with Crippen LogP contribution in [0.1, 0.15) is 44.2 Å².